The molecule has 2 atom stereocenters. The Hall–Kier alpha value is -8.60. The highest BCUT2D eigenvalue weighted by Gasteiger charge is 2.43. The number of benzene rings is 5. The van der Waals surface area contributed by atoms with Crippen LogP contribution in [0.5, 0.6) is 5.75 Å². The number of halogens is 7. The van der Waals surface area contributed by atoms with Crippen LogP contribution < -0.4 is 10.6 Å². The molecule has 5 aromatic carbocycles. The van der Waals surface area contributed by atoms with Gasteiger partial charge in [-0.2, -0.15) is 31.6 Å². The number of nitrogens with one attached hydrogen (secondary N) is 1. The molecule has 1 amide bonds. The number of alkyl halides is 6. The number of aliphatic hydroxyl groups is 1. The molecule has 8 aromatic rings. The van der Waals surface area contributed by atoms with E-state index in [0.717, 1.165) is 59.0 Å². The van der Waals surface area contributed by atoms with Crippen molar-refractivity contribution < 1.29 is 68.5 Å². The summed E-state index contributed by atoms with van der Waals surface area (Å²) in [7, 11) is 1.31. The number of ether oxygens (including phenoxy) is 3. The summed E-state index contributed by atoms with van der Waals surface area (Å²) in [5.74, 6) is -0.788. The third-order valence-electron chi connectivity index (χ3n) is 14.5. The molecule has 0 unspecified atom stereocenters. The van der Waals surface area contributed by atoms with Crippen molar-refractivity contribution in [1.29, 1.82) is 0 Å². The minimum atomic E-state index is -4.70. The van der Waals surface area contributed by atoms with Crippen LogP contribution in [0, 0.1) is 12.7 Å². The van der Waals surface area contributed by atoms with E-state index in [0.29, 0.717) is 41.3 Å². The van der Waals surface area contributed by atoms with Crippen molar-refractivity contribution in [1.82, 2.24) is 35.1 Å². The molecule has 1 aliphatic rings. The van der Waals surface area contributed by atoms with Crippen LogP contribution in [0.3, 0.4) is 0 Å². The molecule has 0 saturated carbocycles. The second-order valence-electron chi connectivity index (χ2n) is 22.5. The summed E-state index contributed by atoms with van der Waals surface area (Å²) >= 11 is 0. The number of hydrogen-bond acceptors (Lipinski definition) is 13. The zero-order valence-corrected chi connectivity index (χ0v) is 48.5. The smallest absolute Gasteiger partial charge is 0.496 e. The fourth-order valence-electron chi connectivity index (χ4n) is 9.91. The quantitative estimate of drug-likeness (QED) is 0.0684. The number of aromatic amines is 1. The van der Waals surface area contributed by atoms with Gasteiger partial charge in [0.2, 0.25) is 5.82 Å². The first kappa shape index (κ1) is 62.4. The molecule has 0 spiro atoms. The van der Waals surface area contributed by atoms with Gasteiger partial charge in [-0.3, -0.25) is 4.90 Å². The zero-order valence-electron chi connectivity index (χ0n) is 48.5. The Morgan fingerprint density at radius 1 is 0.812 bits per heavy atom. The number of methoxy groups -OCH3 is 1. The van der Waals surface area contributed by atoms with E-state index in [1.807, 2.05) is 55.5 Å². The van der Waals surface area contributed by atoms with Crippen LogP contribution in [0.15, 0.2) is 111 Å². The van der Waals surface area contributed by atoms with E-state index in [-0.39, 0.29) is 64.4 Å². The first-order chi connectivity index (χ1) is 39.9. The Morgan fingerprint density at radius 2 is 1.48 bits per heavy atom. The van der Waals surface area contributed by atoms with Gasteiger partial charge in [0, 0.05) is 30.2 Å². The molecule has 450 valence electrons. The van der Waals surface area contributed by atoms with Crippen LogP contribution in [0.1, 0.15) is 153 Å². The van der Waals surface area contributed by atoms with Gasteiger partial charge in [0.1, 0.15) is 34.8 Å². The Labute approximate surface area is 485 Å². The first-order valence-electron chi connectivity index (χ1n) is 27.2. The van der Waals surface area contributed by atoms with E-state index in [1.165, 1.54) is 24.1 Å². The molecule has 1 aliphatic heterocycles. The van der Waals surface area contributed by atoms with Gasteiger partial charge in [-0.1, -0.05) is 102 Å². The van der Waals surface area contributed by atoms with Crippen molar-refractivity contribution in [2.45, 2.75) is 143 Å². The van der Waals surface area contributed by atoms with Crippen LogP contribution in [0.4, 0.5) is 35.5 Å². The average Bonchev–Trinajstić information content (AvgIpc) is 3.92. The number of amides is 1. The van der Waals surface area contributed by atoms with E-state index in [1.54, 1.807) is 72.9 Å². The largest absolute Gasteiger partial charge is 0.519 e. The van der Waals surface area contributed by atoms with E-state index in [2.05, 4.69) is 25.6 Å². The molecule has 85 heavy (non-hydrogen) atoms. The minimum Gasteiger partial charge on any atom is -0.496 e. The monoisotopic (exact) mass is 1180 g/mol. The van der Waals surface area contributed by atoms with Crippen molar-refractivity contribution in [3.63, 3.8) is 0 Å². The highest BCUT2D eigenvalue weighted by atomic mass is 19.4. The number of carbonyl (C=O) groups is 2. The predicted molar refractivity (Wildman–Crippen MR) is 299 cm³/mol. The van der Waals surface area contributed by atoms with Gasteiger partial charge in [-0.15, -0.1) is 10.2 Å². The number of cyclic esters (lactones) is 1. The number of tetrazole rings is 1. The summed E-state index contributed by atoms with van der Waals surface area (Å²) in [5.41, 5.74) is 1.57. The number of rotatable bonds is 16. The van der Waals surface area contributed by atoms with Crippen molar-refractivity contribution in [2.24, 2.45) is 0 Å². The Morgan fingerprint density at radius 3 is 2.06 bits per heavy atom. The Kier molecular flexibility index (Phi) is 18.0. The molecular weight excluding hydrogens is 1120 g/mol. The molecule has 0 radical (unpaired) electrons. The summed E-state index contributed by atoms with van der Waals surface area (Å²) < 4.78 is 126. The lowest BCUT2D eigenvalue weighted by molar-refractivity contribution is -0.138. The van der Waals surface area contributed by atoms with Crippen molar-refractivity contribution in [2.75, 3.05) is 7.11 Å². The van der Waals surface area contributed by atoms with Gasteiger partial charge in [0.25, 0.3) is 0 Å². The molecule has 23 heteroatoms. The molecule has 0 bridgehead atoms. The minimum absolute atomic E-state index is 0.0725. The Balaban J connectivity index is 0.000000222. The van der Waals surface area contributed by atoms with E-state index in [4.69, 9.17) is 23.0 Å². The van der Waals surface area contributed by atoms with Crippen LogP contribution in [0.25, 0.3) is 33.6 Å². The second kappa shape index (κ2) is 24.5. The maximum atomic E-state index is 14.8. The number of nitrogens with zero attached hydrogens (tertiary/aromatic N) is 6. The summed E-state index contributed by atoms with van der Waals surface area (Å²) in [6.45, 7) is 16.7. The molecular formula is C62H64F7N7O9. The van der Waals surface area contributed by atoms with Gasteiger partial charge in [0.05, 0.1) is 30.8 Å². The lowest BCUT2D eigenvalue weighted by Crippen LogP contribution is -2.32. The van der Waals surface area contributed by atoms with Gasteiger partial charge in [-0.25, -0.2) is 23.8 Å². The highest BCUT2D eigenvalue weighted by Crippen LogP contribution is 2.44. The van der Waals surface area contributed by atoms with Gasteiger partial charge in [-0.05, 0) is 126 Å². The van der Waals surface area contributed by atoms with Crippen LogP contribution >= 0.6 is 0 Å². The third-order valence-corrected chi connectivity index (χ3v) is 14.5. The zero-order chi connectivity index (χ0) is 62.1. The molecule has 9 rings (SSSR count). The number of esters is 1. The lowest BCUT2D eigenvalue weighted by Gasteiger charge is -2.26. The number of aryl methyl sites for hydroxylation is 2. The highest BCUT2D eigenvalue weighted by molar-refractivity contribution is 5.89. The summed E-state index contributed by atoms with van der Waals surface area (Å²) in [6.07, 6.45) is -10.0. The van der Waals surface area contributed by atoms with Gasteiger partial charge < -0.3 is 32.7 Å². The lowest BCUT2D eigenvalue weighted by atomic mass is 9.84. The topological polar surface area (TPSA) is 201 Å². The van der Waals surface area contributed by atoms with Crippen molar-refractivity contribution in [3.8, 4) is 39.4 Å². The maximum Gasteiger partial charge on any atom is 0.519 e. The summed E-state index contributed by atoms with van der Waals surface area (Å²) in [5, 5.41) is 25.3. The van der Waals surface area contributed by atoms with Crippen molar-refractivity contribution in [3.05, 3.63) is 181 Å². The summed E-state index contributed by atoms with van der Waals surface area (Å²) in [6, 6.07) is 24.1. The molecule has 1 saturated heterocycles. The molecule has 0 aliphatic carbocycles. The van der Waals surface area contributed by atoms with E-state index >= 15 is 0 Å². The summed E-state index contributed by atoms with van der Waals surface area (Å²) in [4.78, 5) is 43.9. The predicted octanol–water partition coefficient (Wildman–Crippen LogP) is 14.2. The fourth-order valence-corrected chi connectivity index (χ4v) is 9.91. The first-order valence-corrected chi connectivity index (χ1v) is 27.2. The standard InChI is InChI=1S/C33H34F7NO3.C29H30N6O6/c1-17(2)25-14-26(28(43-7)15-27(25)34)24-9-8-21(32(35,36)37)12-20(24)16-41-18(3)29(44-30(41)42)19-10-22(31(4,5)6)13-23(11-19)33(38,39)40;1-5-8-23-30-25(29(3,4)38)24(27(36)39-16-22-17(2)40-28(37)41-22)35(23)15-18-11-13-19(14-12-18)20-9-6-7-10-21(20)26-31-33-34-32-26/h8-15,17-18,29H,16H2,1-7H3;6-7,9-14,38H,5,8,15-16H2,1-4H3,(H,31,32,33,34)/t18-,29-;/m0./s1. The Bertz CT molecular complexity index is 3730. The van der Waals surface area contributed by atoms with Crippen molar-refractivity contribution >= 4 is 12.1 Å². The van der Waals surface area contributed by atoms with Crippen LogP contribution in [-0.2, 0) is 59.0 Å². The van der Waals surface area contributed by atoms with E-state index < -0.39 is 70.3 Å². The van der Waals surface area contributed by atoms with E-state index in [9.17, 15) is 50.2 Å². The van der Waals surface area contributed by atoms with Crippen LogP contribution in [0.2, 0.25) is 0 Å². The third kappa shape index (κ3) is 14.0. The molecule has 3 aromatic heterocycles. The maximum absolute atomic E-state index is 14.8. The number of hydrogen-bond donors (Lipinski definition) is 2. The molecule has 16 nitrogen and oxygen atoms in total. The van der Waals surface area contributed by atoms with Gasteiger partial charge in [0.15, 0.2) is 23.8 Å². The molecule has 1 fully saturated rings. The second-order valence-corrected chi connectivity index (χ2v) is 22.5. The number of H-pyrrole nitrogens is 1. The van der Waals surface area contributed by atoms with Crippen LogP contribution in [-0.4, -0.2) is 65.4 Å². The normalized spacial score (nSPS) is 14.8. The SMILES string of the molecule is CCCc1nc(C(C)(C)O)c(C(=O)OCc2oc(=O)oc2C)n1Cc1ccc(-c2ccccc2-c2nn[nH]n2)cc1.COc1cc(F)c(C(C)C)cc1-c1ccc(C(F)(F)F)cc1CN1C(=O)O[C@H](c2cc(C(C)(C)C)cc(C(F)(F)F)c2)[C@@H]1C. The number of aromatic nitrogens is 6. The molecule has 4 heterocycles. The molecule has 2 N–H and O–H groups in total. The van der Waals surface area contributed by atoms with Gasteiger partial charge >= 0.3 is 30.2 Å². The number of imidazole rings is 1. The fraction of sp³-hybridized carbons (Fsp3) is 0.371. The number of carbonyl (C=O) groups excluding carboxylic acids is 2. The average molecular weight is 1180 g/mol.